The number of pyridine rings is 1. The van der Waals surface area contributed by atoms with Gasteiger partial charge < -0.3 is 19.8 Å². The lowest BCUT2D eigenvalue weighted by atomic mass is 9.90. The molecule has 0 radical (unpaired) electrons. The van der Waals surface area contributed by atoms with Gasteiger partial charge in [0, 0.05) is 56.3 Å². The molecule has 2 fully saturated rings. The van der Waals surface area contributed by atoms with Gasteiger partial charge in [-0.05, 0) is 49.6 Å². The normalized spacial score (nSPS) is 24.0. The van der Waals surface area contributed by atoms with Crippen LogP contribution >= 0.6 is 0 Å². The first-order chi connectivity index (χ1) is 21.1. The van der Waals surface area contributed by atoms with E-state index in [9.17, 15) is 14.0 Å². The fourth-order valence-electron chi connectivity index (χ4n) is 6.99. The number of halogens is 1. The first kappa shape index (κ1) is 30.6. The van der Waals surface area contributed by atoms with Gasteiger partial charge in [-0.3, -0.25) is 14.6 Å². The fraction of sp³-hybridized carbons (Fsp3) is 0.531. The summed E-state index contributed by atoms with van der Waals surface area (Å²) in [5.41, 5.74) is 3.58. The highest BCUT2D eigenvalue weighted by Gasteiger charge is 2.43. The monoisotopic (exact) mass is 607 g/mol. The third kappa shape index (κ3) is 5.84. The van der Waals surface area contributed by atoms with Gasteiger partial charge in [0.1, 0.15) is 11.4 Å². The van der Waals surface area contributed by atoms with Gasteiger partial charge >= 0.3 is 5.97 Å². The van der Waals surface area contributed by atoms with E-state index in [1.165, 1.54) is 18.3 Å². The van der Waals surface area contributed by atoms with Crippen molar-refractivity contribution in [1.82, 2.24) is 24.7 Å². The van der Waals surface area contributed by atoms with Gasteiger partial charge in [0.15, 0.2) is 0 Å². The SMILES string of the molecule is C[C@@H]1CN(CC(=O)N2CC(C)(C)c3c2cc(Cc2ccc(F)cc2)c2c(C(=O)ON)cnn32)[C@@H](CN2CCOC[C@H]2C)CN1. The molecule has 3 N–H and O–H groups in total. The molecular weight excluding hydrogens is 565 g/mol. The molecule has 0 aliphatic carbocycles. The lowest BCUT2D eigenvalue weighted by Gasteiger charge is -2.43. The molecule has 44 heavy (non-hydrogen) atoms. The van der Waals surface area contributed by atoms with Crippen molar-refractivity contribution in [2.24, 2.45) is 5.90 Å². The Bertz CT molecular complexity index is 1540. The highest BCUT2D eigenvalue weighted by molar-refractivity contribution is 6.01. The zero-order chi connectivity index (χ0) is 31.2. The maximum absolute atomic E-state index is 14.2. The molecule has 3 atom stereocenters. The summed E-state index contributed by atoms with van der Waals surface area (Å²) in [6.07, 6.45) is 1.85. The van der Waals surface area contributed by atoms with Crippen molar-refractivity contribution in [2.75, 3.05) is 57.4 Å². The van der Waals surface area contributed by atoms with Crippen LogP contribution in [0.4, 0.5) is 10.1 Å². The molecule has 3 aliphatic heterocycles. The van der Waals surface area contributed by atoms with Gasteiger partial charge in [0.25, 0.3) is 0 Å². The summed E-state index contributed by atoms with van der Waals surface area (Å²) in [5.74, 6) is 4.27. The summed E-state index contributed by atoms with van der Waals surface area (Å²) in [5, 5.41) is 8.20. The Morgan fingerprint density at radius 3 is 2.70 bits per heavy atom. The Hall–Kier alpha value is -3.42. The summed E-state index contributed by atoms with van der Waals surface area (Å²) >= 11 is 0. The van der Waals surface area contributed by atoms with E-state index < -0.39 is 11.4 Å². The maximum atomic E-state index is 14.2. The molecule has 6 rings (SSSR count). The Labute approximate surface area is 257 Å². The molecule has 0 bridgehead atoms. The summed E-state index contributed by atoms with van der Waals surface area (Å²) in [6, 6.07) is 9.02. The van der Waals surface area contributed by atoms with Gasteiger partial charge in [0.05, 0.1) is 42.9 Å². The van der Waals surface area contributed by atoms with Crippen LogP contribution in [0.15, 0.2) is 36.5 Å². The first-order valence-corrected chi connectivity index (χ1v) is 15.3. The minimum absolute atomic E-state index is 0.0202. The average molecular weight is 608 g/mol. The standard InChI is InChI=1S/C32H42FN7O4/c1-20-15-38(25(13-35-20)16-37-9-10-43-18-21(37)2)17-28(41)39-19-32(3,4)30-27(39)12-23(11-22-5-7-24(33)8-6-22)29-26(31(42)44-34)14-36-40(29)30/h5-8,12,14,20-21,25,35H,9-11,13,15-19,34H2,1-4H3/t20-,21-,25-/m1/s1. The molecule has 3 aliphatic rings. The zero-order valence-electron chi connectivity index (χ0n) is 25.9. The number of nitrogens with one attached hydrogen (secondary N) is 1. The van der Waals surface area contributed by atoms with Crippen LogP contribution in [0, 0.1) is 5.82 Å². The third-order valence-corrected chi connectivity index (χ3v) is 9.28. The van der Waals surface area contributed by atoms with E-state index in [4.69, 9.17) is 10.6 Å². The number of nitrogens with zero attached hydrogens (tertiary/aromatic N) is 5. The van der Waals surface area contributed by atoms with Crippen LogP contribution in [-0.4, -0.2) is 102 Å². The molecule has 0 unspecified atom stereocenters. The quantitative estimate of drug-likeness (QED) is 0.390. The van der Waals surface area contributed by atoms with Crippen molar-refractivity contribution in [1.29, 1.82) is 0 Å². The number of hydrogen-bond donors (Lipinski definition) is 2. The second kappa shape index (κ2) is 12.2. The number of aromatic nitrogens is 2. The molecule has 0 saturated carbocycles. The Morgan fingerprint density at radius 1 is 1.20 bits per heavy atom. The number of fused-ring (bicyclic) bond motifs is 3. The Kier molecular flexibility index (Phi) is 8.46. The molecule has 236 valence electrons. The lowest BCUT2D eigenvalue weighted by molar-refractivity contribution is -0.121. The Morgan fingerprint density at radius 2 is 1.98 bits per heavy atom. The van der Waals surface area contributed by atoms with Gasteiger partial charge in [-0.15, -0.1) is 0 Å². The van der Waals surface area contributed by atoms with Crippen molar-refractivity contribution in [3.63, 3.8) is 0 Å². The maximum Gasteiger partial charge on any atom is 0.360 e. The highest BCUT2D eigenvalue weighted by atomic mass is 19.1. The number of morpholine rings is 1. The minimum atomic E-state index is -0.697. The molecule has 5 heterocycles. The van der Waals surface area contributed by atoms with Crippen LogP contribution in [0.5, 0.6) is 0 Å². The topological polar surface area (TPSA) is 118 Å². The van der Waals surface area contributed by atoms with Gasteiger partial charge in [-0.1, -0.05) is 26.0 Å². The summed E-state index contributed by atoms with van der Waals surface area (Å²) in [7, 11) is 0. The second-order valence-corrected chi connectivity index (χ2v) is 13.1. The molecule has 1 aromatic carbocycles. The number of amides is 1. The van der Waals surface area contributed by atoms with Crippen molar-refractivity contribution >= 4 is 23.1 Å². The first-order valence-electron chi connectivity index (χ1n) is 15.3. The number of ether oxygens (including phenoxy) is 1. The molecular formula is C32H42FN7O4. The van der Waals surface area contributed by atoms with E-state index in [-0.39, 0.29) is 29.4 Å². The third-order valence-electron chi connectivity index (χ3n) is 9.28. The number of carbonyl (C=O) groups is 2. The predicted octanol–water partition coefficient (Wildman–Crippen LogP) is 2.10. The summed E-state index contributed by atoms with van der Waals surface area (Å²) in [6.45, 7) is 14.1. The van der Waals surface area contributed by atoms with Crippen molar-refractivity contribution < 1.29 is 23.6 Å². The van der Waals surface area contributed by atoms with Gasteiger partial charge in [-0.25, -0.2) is 13.7 Å². The van der Waals surface area contributed by atoms with Crippen LogP contribution in [-0.2, 0) is 26.2 Å². The molecule has 11 nitrogen and oxygen atoms in total. The predicted molar refractivity (Wildman–Crippen MR) is 164 cm³/mol. The molecule has 0 spiro atoms. The number of hydrogen-bond acceptors (Lipinski definition) is 9. The zero-order valence-corrected chi connectivity index (χ0v) is 25.9. The van der Waals surface area contributed by atoms with Gasteiger partial charge in [-0.2, -0.15) is 11.0 Å². The van der Waals surface area contributed by atoms with Crippen LogP contribution in [0.1, 0.15) is 54.9 Å². The van der Waals surface area contributed by atoms with Crippen molar-refractivity contribution in [2.45, 2.75) is 57.7 Å². The smallest absolute Gasteiger partial charge is 0.360 e. The summed E-state index contributed by atoms with van der Waals surface area (Å²) in [4.78, 5) is 38.2. The number of carbonyl (C=O) groups excluding carboxylic acids is 2. The number of rotatable bonds is 7. The van der Waals surface area contributed by atoms with E-state index in [0.29, 0.717) is 31.1 Å². The van der Waals surface area contributed by atoms with Crippen LogP contribution < -0.4 is 16.1 Å². The number of benzene rings is 1. The van der Waals surface area contributed by atoms with E-state index in [1.54, 1.807) is 16.6 Å². The molecule has 2 saturated heterocycles. The number of nitrogens with two attached hydrogens (primary N) is 1. The fourth-order valence-corrected chi connectivity index (χ4v) is 6.99. The minimum Gasteiger partial charge on any atom is -0.379 e. The Balaban J connectivity index is 1.35. The molecule has 2 aromatic heterocycles. The van der Waals surface area contributed by atoms with Crippen LogP contribution in [0.25, 0.3) is 5.52 Å². The number of piperazine rings is 1. The highest BCUT2D eigenvalue weighted by Crippen LogP contribution is 2.43. The summed E-state index contributed by atoms with van der Waals surface area (Å²) < 4.78 is 21.1. The van der Waals surface area contributed by atoms with Crippen molar-refractivity contribution in [3.8, 4) is 0 Å². The molecule has 12 heteroatoms. The van der Waals surface area contributed by atoms with Crippen molar-refractivity contribution in [3.05, 3.63) is 64.7 Å². The average Bonchev–Trinajstić information content (AvgIpc) is 3.55. The second-order valence-electron chi connectivity index (χ2n) is 13.1. The van der Waals surface area contributed by atoms with E-state index in [0.717, 1.165) is 61.9 Å². The van der Waals surface area contributed by atoms with Crippen LogP contribution in [0.2, 0.25) is 0 Å². The largest absolute Gasteiger partial charge is 0.379 e. The lowest BCUT2D eigenvalue weighted by Crippen LogP contribution is -2.62. The molecule has 1 amide bonds. The van der Waals surface area contributed by atoms with Crippen LogP contribution in [0.3, 0.4) is 0 Å². The van der Waals surface area contributed by atoms with Gasteiger partial charge in [0.2, 0.25) is 5.91 Å². The van der Waals surface area contributed by atoms with E-state index in [2.05, 4.69) is 52.7 Å². The number of anilines is 1. The van der Waals surface area contributed by atoms with E-state index >= 15 is 0 Å². The molecule has 3 aromatic rings. The van der Waals surface area contributed by atoms with E-state index in [1.807, 2.05) is 11.0 Å².